The molecular weight excluding hydrogens is 372 g/mol. The summed E-state index contributed by atoms with van der Waals surface area (Å²) >= 11 is 0. The average Bonchev–Trinajstić information content (AvgIpc) is 3.16. The third-order valence-electron chi connectivity index (χ3n) is 6.94. The van der Waals surface area contributed by atoms with E-state index >= 15 is 0 Å². The topological polar surface area (TPSA) is 41.4 Å². The number of carbonyl (C=O) groups excluding carboxylic acids is 1. The fourth-order valence-corrected chi connectivity index (χ4v) is 4.98. The first-order valence-electron chi connectivity index (χ1n) is 11.8. The molecule has 0 saturated carbocycles. The zero-order chi connectivity index (χ0) is 20.9. The van der Waals surface area contributed by atoms with Crippen LogP contribution in [0, 0.1) is 12.8 Å². The molecular formula is C25H36N4O. The van der Waals surface area contributed by atoms with Gasteiger partial charge in [-0.05, 0) is 76.1 Å². The number of carbonyl (C=O) groups is 1. The lowest BCUT2D eigenvalue weighted by Crippen LogP contribution is -2.39. The highest BCUT2D eigenvalue weighted by Gasteiger charge is 2.26. The number of aryl methyl sites for hydroxylation is 1. The predicted molar refractivity (Wildman–Crippen MR) is 121 cm³/mol. The fourth-order valence-electron chi connectivity index (χ4n) is 4.98. The van der Waals surface area contributed by atoms with Crippen molar-refractivity contribution >= 4 is 5.91 Å². The Balaban J connectivity index is 1.26. The summed E-state index contributed by atoms with van der Waals surface area (Å²) in [6.07, 6.45) is 9.11. The van der Waals surface area contributed by atoms with Gasteiger partial charge in [0.05, 0.1) is 11.8 Å². The van der Waals surface area contributed by atoms with Crippen LogP contribution >= 0.6 is 0 Å². The zero-order valence-corrected chi connectivity index (χ0v) is 18.6. The molecule has 3 heterocycles. The van der Waals surface area contributed by atoms with Crippen LogP contribution in [0.5, 0.6) is 0 Å². The molecule has 0 atom stereocenters. The molecule has 5 nitrogen and oxygen atoms in total. The highest BCUT2D eigenvalue weighted by molar-refractivity contribution is 5.95. The van der Waals surface area contributed by atoms with Crippen LogP contribution in [0.4, 0.5) is 0 Å². The van der Waals surface area contributed by atoms with E-state index in [-0.39, 0.29) is 5.91 Å². The maximum atomic E-state index is 12.9. The van der Waals surface area contributed by atoms with E-state index in [1.807, 2.05) is 16.5 Å². The van der Waals surface area contributed by atoms with Crippen LogP contribution < -0.4 is 0 Å². The number of nitrogens with zero attached hydrogens (tertiary/aromatic N) is 4. The Labute approximate surface area is 181 Å². The Kier molecular flexibility index (Phi) is 6.88. The molecule has 0 spiro atoms. The van der Waals surface area contributed by atoms with Gasteiger partial charge in [0.15, 0.2) is 0 Å². The van der Waals surface area contributed by atoms with Crippen molar-refractivity contribution < 1.29 is 4.79 Å². The van der Waals surface area contributed by atoms with Crippen LogP contribution in [0.15, 0.2) is 30.5 Å². The van der Waals surface area contributed by atoms with Crippen LogP contribution in [0.25, 0.3) is 0 Å². The van der Waals surface area contributed by atoms with Crippen LogP contribution in [0.3, 0.4) is 0 Å². The standard InChI is InChI=1S/C25H36N4O/c1-3-29-20(2)24(18-26-29)25(30)28-15-11-22(12-16-28)17-21-7-9-23(10-8-21)19-27-13-5-4-6-14-27/h7-10,18,22H,3-6,11-17,19H2,1-2H3. The molecule has 0 bridgehead atoms. The van der Waals surface area contributed by atoms with Crippen molar-refractivity contribution in [2.75, 3.05) is 26.2 Å². The van der Waals surface area contributed by atoms with E-state index in [0.29, 0.717) is 5.92 Å². The number of hydrogen-bond acceptors (Lipinski definition) is 3. The normalized spacial score (nSPS) is 18.7. The Morgan fingerprint density at radius 1 is 1.00 bits per heavy atom. The minimum absolute atomic E-state index is 0.146. The molecule has 0 aliphatic carbocycles. The quantitative estimate of drug-likeness (QED) is 0.716. The molecule has 2 aliphatic heterocycles. The van der Waals surface area contributed by atoms with Gasteiger partial charge >= 0.3 is 0 Å². The molecule has 1 amide bonds. The highest BCUT2D eigenvalue weighted by Crippen LogP contribution is 2.24. The minimum atomic E-state index is 0.146. The van der Waals surface area contributed by atoms with Crippen molar-refractivity contribution in [3.63, 3.8) is 0 Å². The molecule has 30 heavy (non-hydrogen) atoms. The van der Waals surface area contributed by atoms with Crippen molar-refractivity contribution in [1.82, 2.24) is 19.6 Å². The van der Waals surface area contributed by atoms with Gasteiger partial charge in [-0.25, -0.2) is 0 Å². The summed E-state index contributed by atoms with van der Waals surface area (Å²) in [7, 11) is 0. The average molecular weight is 409 g/mol. The number of hydrogen-bond donors (Lipinski definition) is 0. The Hall–Kier alpha value is -2.14. The minimum Gasteiger partial charge on any atom is -0.339 e. The molecule has 2 fully saturated rings. The zero-order valence-electron chi connectivity index (χ0n) is 18.6. The van der Waals surface area contributed by atoms with Crippen LogP contribution in [-0.4, -0.2) is 51.7 Å². The molecule has 1 aromatic heterocycles. The molecule has 0 unspecified atom stereocenters. The van der Waals surface area contributed by atoms with Crippen molar-refractivity contribution in [2.45, 2.75) is 65.5 Å². The monoisotopic (exact) mass is 408 g/mol. The SMILES string of the molecule is CCn1ncc(C(=O)N2CCC(Cc3ccc(CN4CCCCC4)cc3)CC2)c1C. The van der Waals surface area contributed by atoms with Crippen molar-refractivity contribution in [3.05, 3.63) is 52.8 Å². The van der Waals surface area contributed by atoms with Gasteiger partial charge in [0, 0.05) is 31.9 Å². The lowest BCUT2D eigenvalue weighted by molar-refractivity contribution is 0.0689. The van der Waals surface area contributed by atoms with Gasteiger partial charge in [0.25, 0.3) is 5.91 Å². The second-order valence-corrected chi connectivity index (χ2v) is 9.05. The third-order valence-corrected chi connectivity index (χ3v) is 6.94. The number of amides is 1. The molecule has 1 aromatic carbocycles. The fraction of sp³-hybridized carbons (Fsp3) is 0.600. The van der Waals surface area contributed by atoms with E-state index in [2.05, 4.69) is 41.2 Å². The van der Waals surface area contributed by atoms with Crippen LogP contribution in [0.2, 0.25) is 0 Å². The molecule has 2 aromatic rings. The molecule has 0 radical (unpaired) electrons. The highest BCUT2D eigenvalue weighted by atomic mass is 16.2. The summed E-state index contributed by atoms with van der Waals surface area (Å²) in [6.45, 7) is 10.1. The van der Waals surface area contributed by atoms with Gasteiger partial charge in [-0.1, -0.05) is 30.7 Å². The molecule has 162 valence electrons. The Bertz CT molecular complexity index is 827. The largest absolute Gasteiger partial charge is 0.339 e. The summed E-state index contributed by atoms with van der Waals surface area (Å²) < 4.78 is 1.90. The smallest absolute Gasteiger partial charge is 0.257 e. The summed E-state index contributed by atoms with van der Waals surface area (Å²) in [5.74, 6) is 0.814. The third kappa shape index (κ3) is 4.94. The van der Waals surface area contributed by atoms with Crippen LogP contribution in [0.1, 0.15) is 66.2 Å². The maximum absolute atomic E-state index is 12.9. The Morgan fingerprint density at radius 3 is 2.30 bits per heavy atom. The number of likely N-dealkylation sites (tertiary alicyclic amines) is 2. The first-order valence-corrected chi connectivity index (χ1v) is 11.8. The second kappa shape index (κ2) is 9.78. The number of aromatic nitrogens is 2. The van der Waals surface area contributed by atoms with Crippen molar-refractivity contribution in [3.8, 4) is 0 Å². The van der Waals surface area contributed by atoms with E-state index in [0.717, 1.165) is 56.7 Å². The lowest BCUT2D eigenvalue weighted by atomic mass is 9.89. The predicted octanol–water partition coefficient (Wildman–Crippen LogP) is 4.29. The van der Waals surface area contributed by atoms with Gasteiger partial charge in [-0.3, -0.25) is 14.4 Å². The van der Waals surface area contributed by atoms with Crippen molar-refractivity contribution in [1.29, 1.82) is 0 Å². The van der Waals surface area contributed by atoms with Gasteiger partial charge in [0.1, 0.15) is 0 Å². The van der Waals surface area contributed by atoms with Crippen molar-refractivity contribution in [2.24, 2.45) is 5.92 Å². The molecule has 2 aliphatic rings. The summed E-state index contributed by atoms with van der Waals surface area (Å²) in [5.41, 5.74) is 4.61. The maximum Gasteiger partial charge on any atom is 0.257 e. The molecule has 5 heteroatoms. The van der Waals surface area contributed by atoms with E-state index in [4.69, 9.17) is 0 Å². The first kappa shape index (κ1) is 21.1. The summed E-state index contributed by atoms with van der Waals surface area (Å²) in [5, 5.41) is 4.33. The number of benzene rings is 1. The first-order chi connectivity index (χ1) is 14.6. The second-order valence-electron chi connectivity index (χ2n) is 9.05. The summed E-state index contributed by atoms with van der Waals surface area (Å²) in [4.78, 5) is 17.5. The number of piperidine rings is 2. The van der Waals surface area contributed by atoms with E-state index < -0.39 is 0 Å². The van der Waals surface area contributed by atoms with Gasteiger partial charge in [-0.15, -0.1) is 0 Å². The molecule has 2 saturated heterocycles. The van der Waals surface area contributed by atoms with E-state index in [1.54, 1.807) is 6.20 Å². The van der Waals surface area contributed by atoms with E-state index in [1.165, 1.54) is 43.5 Å². The van der Waals surface area contributed by atoms with Crippen LogP contribution in [-0.2, 0) is 19.5 Å². The molecule has 0 N–H and O–H groups in total. The van der Waals surface area contributed by atoms with E-state index in [9.17, 15) is 4.79 Å². The van der Waals surface area contributed by atoms with Gasteiger partial charge < -0.3 is 4.90 Å². The Morgan fingerprint density at radius 2 is 1.67 bits per heavy atom. The number of rotatable bonds is 6. The lowest BCUT2D eigenvalue weighted by Gasteiger charge is -2.32. The van der Waals surface area contributed by atoms with Gasteiger partial charge in [-0.2, -0.15) is 5.10 Å². The van der Waals surface area contributed by atoms with Gasteiger partial charge in [0.2, 0.25) is 0 Å². The summed E-state index contributed by atoms with van der Waals surface area (Å²) in [6, 6.07) is 9.27. The molecule has 4 rings (SSSR count).